The minimum absolute atomic E-state index is 0.00652. The second kappa shape index (κ2) is 59.6. The number of ether oxygens (including phenoxy) is 1. The first-order chi connectivity index (χ1) is 34.5. The summed E-state index contributed by atoms with van der Waals surface area (Å²) in [5.41, 5.74) is 0. The molecule has 0 radical (unpaired) electrons. The number of allylic oxidation sites excluding steroid dienone is 5. The van der Waals surface area contributed by atoms with Crippen LogP contribution < -0.4 is 5.32 Å². The third-order valence-corrected chi connectivity index (χ3v) is 14.4. The molecule has 0 aliphatic rings. The summed E-state index contributed by atoms with van der Waals surface area (Å²) in [7, 11) is 0. The Balaban J connectivity index is 3.37. The van der Waals surface area contributed by atoms with Crippen molar-refractivity contribution in [1.29, 1.82) is 0 Å². The van der Waals surface area contributed by atoms with Crippen molar-refractivity contribution in [2.75, 3.05) is 13.2 Å². The summed E-state index contributed by atoms with van der Waals surface area (Å²) < 4.78 is 5.49. The standard InChI is InChI=1S/C64H121NO5/c1-3-5-7-9-11-13-15-17-18-19-28-31-34-38-42-46-50-54-58-64(69)70-59-55-51-47-43-39-35-32-29-26-24-22-20-21-23-25-27-30-33-37-41-45-49-53-57-63(68)65-61(60-66)62(67)56-52-48-44-40-36-16-14-12-10-8-6-4-2/h13,15,18-19,52,56,61-62,66-67H,3-12,14,16-17,20-51,53-55,57-60H2,1-2H3,(H,65,68)/b15-13-,19-18-,56-52+. The van der Waals surface area contributed by atoms with Crippen molar-refractivity contribution in [3.63, 3.8) is 0 Å². The summed E-state index contributed by atoms with van der Waals surface area (Å²) in [6, 6.07) is -0.627. The van der Waals surface area contributed by atoms with Gasteiger partial charge in [-0.05, 0) is 64.2 Å². The molecule has 3 N–H and O–H groups in total. The number of carbonyl (C=O) groups is 2. The summed E-state index contributed by atoms with van der Waals surface area (Å²) in [6.07, 6.45) is 74.7. The van der Waals surface area contributed by atoms with Crippen LogP contribution in [0.1, 0.15) is 335 Å². The average molecular weight is 985 g/mol. The molecular weight excluding hydrogens is 863 g/mol. The fourth-order valence-corrected chi connectivity index (χ4v) is 9.61. The fraction of sp³-hybridized carbons (Fsp3) is 0.875. The van der Waals surface area contributed by atoms with Crippen LogP contribution in [0, 0.1) is 0 Å². The van der Waals surface area contributed by atoms with Crippen LogP contribution in [0.2, 0.25) is 0 Å². The number of carbonyl (C=O) groups excluding carboxylic acids is 2. The van der Waals surface area contributed by atoms with Crippen LogP contribution in [0.25, 0.3) is 0 Å². The van der Waals surface area contributed by atoms with Gasteiger partial charge in [-0.15, -0.1) is 0 Å². The number of nitrogens with one attached hydrogen (secondary N) is 1. The number of amides is 1. The molecule has 0 heterocycles. The molecule has 2 unspecified atom stereocenters. The molecule has 6 heteroatoms. The van der Waals surface area contributed by atoms with Crippen molar-refractivity contribution in [1.82, 2.24) is 5.32 Å². The molecule has 70 heavy (non-hydrogen) atoms. The maximum absolute atomic E-state index is 12.4. The molecule has 0 saturated heterocycles. The molecule has 0 spiro atoms. The first kappa shape index (κ1) is 68.1. The van der Waals surface area contributed by atoms with Gasteiger partial charge in [0.2, 0.25) is 5.91 Å². The Morgan fingerprint density at radius 2 is 0.714 bits per heavy atom. The van der Waals surface area contributed by atoms with Crippen molar-refractivity contribution < 1.29 is 24.5 Å². The molecule has 0 fully saturated rings. The van der Waals surface area contributed by atoms with Gasteiger partial charge in [0.15, 0.2) is 0 Å². The Kier molecular flexibility index (Phi) is 58.0. The topological polar surface area (TPSA) is 95.9 Å². The van der Waals surface area contributed by atoms with Crippen molar-refractivity contribution in [2.45, 2.75) is 347 Å². The minimum atomic E-state index is -0.843. The van der Waals surface area contributed by atoms with E-state index in [1.165, 1.54) is 257 Å². The Hall–Kier alpha value is -1.92. The number of unbranched alkanes of at least 4 members (excludes halogenated alkanes) is 43. The van der Waals surface area contributed by atoms with Crippen LogP contribution in [0.15, 0.2) is 36.5 Å². The van der Waals surface area contributed by atoms with Crippen LogP contribution >= 0.6 is 0 Å². The molecule has 0 aliphatic carbocycles. The molecule has 412 valence electrons. The number of esters is 1. The van der Waals surface area contributed by atoms with Gasteiger partial charge in [0.05, 0.1) is 25.4 Å². The lowest BCUT2D eigenvalue weighted by Gasteiger charge is -2.20. The minimum Gasteiger partial charge on any atom is -0.466 e. The van der Waals surface area contributed by atoms with E-state index in [-0.39, 0.29) is 18.5 Å². The molecule has 0 saturated carbocycles. The lowest BCUT2D eigenvalue weighted by atomic mass is 10.0. The zero-order valence-electron chi connectivity index (χ0n) is 47.0. The van der Waals surface area contributed by atoms with Gasteiger partial charge in [-0.3, -0.25) is 9.59 Å². The number of hydrogen-bond acceptors (Lipinski definition) is 5. The van der Waals surface area contributed by atoms with Gasteiger partial charge in [0, 0.05) is 12.8 Å². The molecule has 1 amide bonds. The average Bonchev–Trinajstić information content (AvgIpc) is 3.36. The van der Waals surface area contributed by atoms with Gasteiger partial charge in [-0.1, -0.05) is 294 Å². The molecule has 6 nitrogen and oxygen atoms in total. The highest BCUT2D eigenvalue weighted by Crippen LogP contribution is 2.17. The predicted molar refractivity (Wildman–Crippen MR) is 306 cm³/mol. The monoisotopic (exact) mass is 984 g/mol. The maximum atomic E-state index is 12.4. The van der Waals surface area contributed by atoms with Gasteiger partial charge >= 0.3 is 5.97 Å². The predicted octanol–water partition coefficient (Wildman–Crippen LogP) is 19.6. The summed E-state index contributed by atoms with van der Waals surface area (Å²) in [5.74, 6) is -0.0611. The van der Waals surface area contributed by atoms with Gasteiger partial charge in [0.25, 0.3) is 0 Å². The van der Waals surface area contributed by atoms with E-state index in [4.69, 9.17) is 4.74 Å². The zero-order valence-corrected chi connectivity index (χ0v) is 47.0. The Morgan fingerprint density at radius 1 is 0.400 bits per heavy atom. The Labute approximate surface area is 436 Å². The molecule has 2 atom stereocenters. The lowest BCUT2D eigenvalue weighted by molar-refractivity contribution is -0.143. The zero-order chi connectivity index (χ0) is 50.7. The number of rotatable bonds is 58. The molecule has 0 aromatic heterocycles. The van der Waals surface area contributed by atoms with Crippen molar-refractivity contribution in [3.8, 4) is 0 Å². The molecule has 0 aliphatic heterocycles. The van der Waals surface area contributed by atoms with E-state index in [0.29, 0.717) is 19.4 Å². The van der Waals surface area contributed by atoms with E-state index in [9.17, 15) is 19.8 Å². The fourth-order valence-electron chi connectivity index (χ4n) is 9.61. The second-order valence-electron chi connectivity index (χ2n) is 21.4. The van der Waals surface area contributed by atoms with E-state index >= 15 is 0 Å². The van der Waals surface area contributed by atoms with E-state index < -0.39 is 12.1 Å². The van der Waals surface area contributed by atoms with Crippen LogP contribution in [0.5, 0.6) is 0 Å². The third kappa shape index (κ3) is 55.4. The Morgan fingerprint density at radius 3 is 1.10 bits per heavy atom. The number of aliphatic hydroxyl groups is 2. The smallest absolute Gasteiger partial charge is 0.305 e. The third-order valence-electron chi connectivity index (χ3n) is 14.4. The lowest BCUT2D eigenvalue weighted by Crippen LogP contribution is -2.45. The van der Waals surface area contributed by atoms with Crippen molar-refractivity contribution in [2.24, 2.45) is 0 Å². The summed E-state index contributed by atoms with van der Waals surface area (Å²) >= 11 is 0. The molecule has 0 bridgehead atoms. The second-order valence-corrected chi connectivity index (χ2v) is 21.4. The van der Waals surface area contributed by atoms with Crippen LogP contribution in [-0.4, -0.2) is 47.4 Å². The maximum Gasteiger partial charge on any atom is 0.305 e. The van der Waals surface area contributed by atoms with Crippen molar-refractivity contribution in [3.05, 3.63) is 36.5 Å². The van der Waals surface area contributed by atoms with E-state index in [0.717, 1.165) is 51.4 Å². The molecular formula is C64H121NO5. The first-order valence-corrected chi connectivity index (χ1v) is 31.3. The van der Waals surface area contributed by atoms with Crippen LogP contribution in [0.3, 0.4) is 0 Å². The normalized spacial score (nSPS) is 12.8. The molecule has 0 aromatic carbocycles. The summed E-state index contributed by atoms with van der Waals surface area (Å²) in [6.45, 7) is 4.89. The van der Waals surface area contributed by atoms with Crippen LogP contribution in [-0.2, 0) is 14.3 Å². The highest BCUT2D eigenvalue weighted by molar-refractivity contribution is 5.76. The highest BCUT2D eigenvalue weighted by atomic mass is 16.5. The SMILES string of the molecule is CCCCCC/C=C\C/C=C\CCCCCCCCCC(=O)OCCCCCCCCCCCCCCCCCCCCCCCCCC(=O)NC(CO)C(O)/C=C/CCCCCCCCCCCC. The number of aliphatic hydroxyl groups excluding tert-OH is 2. The quantitative estimate of drug-likeness (QED) is 0.0321. The highest BCUT2D eigenvalue weighted by Gasteiger charge is 2.18. The Bertz CT molecular complexity index is 1130. The van der Waals surface area contributed by atoms with E-state index in [1.54, 1.807) is 6.08 Å². The molecule has 0 rings (SSSR count). The molecule has 0 aromatic rings. The van der Waals surface area contributed by atoms with Gasteiger partial charge < -0.3 is 20.3 Å². The number of hydrogen-bond donors (Lipinski definition) is 3. The largest absolute Gasteiger partial charge is 0.466 e. The van der Waals surface area contributed by atoms with Crippen molar-refractivity contribution >= 4 is 11.9 Å². The van der Waals surface area contributed by atoms with Crippen LogP contribution in [0.4, 0.5) is 0 Å². The summed E-state index contributed by atoms with van der Waals surface area (Å²) in [5, 5.41) is 23.1. The first-order valence-electron chi connectivity index (χ1n) is 31.3. The van der Waals surface area contributed by atoms with E-state index in [2.05, 4.69) is 43.5 Å². The van der Waals surface area contributed by atoms with E-state index in [1.807, 2.05) is 6.08 Å². The van der Waals surface area contributed by atoms with Gasteiger partial charge in [0.1, 0.15) is 0 Å². The van der Waals surface area contributed by atoms with Gasteiger partial charge in [-0.25, -0.2) is 0 Å². The van der Waals surface area contributed by atoms with Gasteiger partial charge in [-0.2, -0.15) is 0 Å². The summed E-state index contributed by atoms with van der Waals surface area (Å²) in [4.78, 5) is 24.5.